The SMILES string of the molecule is CNC(C)c1cccc(NC(=O)c2cccc(C)c2F)c1. The van der Waals surface area contributed by atoms with Gasteiger partial charge in [0, 0.05) is 11.7 Å². The maximum atomic E-state index is 13.9. The second kappa shape index (κ2) is 6.50. The average molecular weight is 286 g/mol. The van der Waals surface area contributed by atoms with E-state index in [1.165, 1.54) is 6.07 Å². The largest absolute Gasteiger partial charge is 0.322 e. The van der Waals surface area contributed by atoms with Crippen LogP contribution in [0, 0.1) is 12.7 Å². The number of aryl methyl sites for hydroxylation is 1. The predicted molar refractivity (Wildman–Crippen MR) is 83.0 cm³/mol. The first-order valence-electron chi connectivity index (χ1n) is 6.86. The van der Waals surface area contributed by atoms with Gasteiger partial charge in [-0.05, 0) is 50.2 Å². The van der Waals surface area contributed by atoms with Gasteiger partial charge in [0.2, 0.25) is 0 Å². The number of amides is 1. The van der Waals surface area contributed by atoms with E-state index in [1.54, 1.807) is 25.1 Å². The fourth-order valence-corrected chi connectivity index (χ4v) is 2.07. The van der Waals surface area contributed by atoms with E-state index in [1.807, 2.05) is 32.2 Å². The molecule has 2 N–H and O–H groups in total. The molecule has 0 aliphatic heterocycles. The van der Waals surface area contributed by atoms with E-state index in [4.69, 9.17) is 0 Å². The molecule has 0 aliphatic carbocycles. The number of carbonyl (C=O) groups excluding carboxylic acids is 1. The molecule has 21 heavy (non-hydrogen) atoms. The Morgan fingerprint density at radius 1 is 1.19 bits per heavy atom. The molecule has 0 aliphatic rings. The molecule has 0 aromatic heterocycles. The summed E-state index contributed by atoms with van der Waals surface area (Å²) in [5, 5.41) is 5.88. The summed E-state index contributed by atoms with van der Waals surface area (Å²) < 4.78 is 13.9. The molecule has 0 saturated carbocycles. The molecule has 2 aromatic rings. The van der Waals surface area contributed by atoms with Crippen LogP contribution in [0.25, 0.3) is 0 Å². The number of hydrogen-bond acceptors (Lipinski definition) is 2. The van der Waals surface area contributed by atoms with Crippen molar-refractivity contribution in [3.05, 3.63) is 65.0 Å². The van der Waals surface area contributed by atoms with E-state index in [2.05, 4.69) is 10.6 Å². The highest BCUT2D eigenvalue weighted by molar-refractivity contribution is 6.04. The third-order valence-corrected chi connectivity index (χ3v) is 3.51. The molecule has 1 atom stereocenters. The third kappa shape index (κ3) is 3.47. The van der Waals surface area contributed by atoms with E-state index in [-0.39, 0.29) is 11.6 Å². The van der Waals surface area contributed by atoms with E-state index < -0.39 is 11.7 Å². The van der Waals surface area contributed by atoms with Crippen molar-refractivity contribution in [1.29, 1.82) is 0 Å². The lowest BCUT2D eigenvalue weighted by molar-refractivity contribution is 0.102. The van der Waals surface area contributed by atoms with Gasteiger partial charge >= 0.3 is 0 Å². The molecular formula is C17H19FN2O. The Balaban J connectivity index is 2.22. The normalized spacial score (nSPS) is 12.0. The molecule has 1 amide bonds. The zero-order valence-electron chi connectivity index (χ0n) is 12.4. The zero-order valence-corrected chi connectivity index (χ0v) is 12.4. The lowest BCUT2D eigenvalue weighted by atomic mass is 10.1. The van der Waals surface area contributed by atoms with E-state index in [9.17, 15) is 9.18 Å². The Kier molecular flexibility index (Phi) is 4.70. The van der Waals surface area contributed by atoms with Crippen LogP contribution < -0.4 is 10.6 Å². The summed E-state index contributed by atoms with van der Waals surface area (Å²) in [5.74, 6) is -0.916. The Hall–Kier alpha value is -2.20. The van der Waals surface area contributed by atoms with Crippen molar-refractivity contribution in [3.63, 3.8) is 0 Å². The maximum absolute atomic E-state index is 13.9. The topological polar surface area (TPSA) is 41.1 Å². The third-order valence-electron chi connectivity index (χ3n) is 3.51. The van der Waals surface area contributed by atoms with Crippen molar-refractivity contribution in [3.8, 4) is 0 Å². The van der Waals surface area contributed by atoms with Gasteiger partial charge in [0.15, 0.2) is 0 Å². The molecule has 0 heterocycles. The minimum Gasteiger partial charge on any atom is -0.322 e. The zero-order chi connectivity index (χ0) is 15.4. The van der Waals surface area contributed by atoms with Crippen LogP contribution in [0.4, 0.5) is 10.1 Å². The Morgan fingerprint density at radius 3 is 2.62 bits per heavy atom. The van der Waals surface area contributed by atoms with Gasteiger partial charge in [-0.25, -0.2) is 4.39 Å². The van der Waals surface area contributed by atoms with E-state index >= 15 is 0 Å². The van der Waals surface area contributed by atoms with Gasteiger partial charge in [0.25, 0.3) is 5.91 Å². The second-order valence-electron chi connectivity index (χ2n) is 5.03. The number of hydrogen-bond donors (Lipinski definition) is 2. The number of nitrogens with one attached hydrogen (secondary N) is 2. The maximum Gasteiger partial charge on any atom is 0.258 e. The van der Waals surface area contributed by atoms with Crippen LogP contribution in [-0.2, 0) is 0 Å². The van der Waals surface area contributed by atoms with Crippen LogP contribution in [0.1, 0.15) is 34.5 Å². The number of benzene rings is 2. The monoisotopic (exact) mass is 286 g/mol. The molecule has 0 radical (unpaired) electrons. The summed E-state index contributed by atoms with van der Waals surface area (Å²) in [5.41, 5.74) is 2.22. The average Bonchev–Trinajstić information content (AvgIpc) is 2.49. The number of anilines is 1. The number of carbonyl (C=O) groups is 1. The van der Waals surface area contributed by atoms with Crippen molar-refractivity contribution >= 4 is 11.6 Å². The van der Waals surface area contributed by atoms with Gasteiger partial charge in [0.1, 0.15) is 5.82 Å². The summed E-state index contributed by atoms with van der Waals surface area (Å²) in [6.07, 6.45) is 0. The molecule has 0 spiro atoms. The van der Waals surface area contributed by atoms with Gasteiger partial charge in [-0.2, -0.15) is 0 Å². The number of halogens is 1. The molecule has 4 heteroatoms. The smallest absolute Gasteiger partial charge is 0.258 e. The molecule has 110 valence electrons. The highest BCUT2D eigenvalue weighted by atomic mass is 19.1. The summed E-state index contributed by atoms with van der Waals surface area (Å²) in [6, 6.07) is 12.5. The van der Waals surface area contributed by atoms with Crippen molar-refractivity contribution in [2.45, 2.75) is 19.9 Å². The predicted octanol–water partition coefficient (Wildman–Crippen LogP) is 3.67. The van der Waals surface area contributed by atoms with Crippen LogP contribution in [0.2, 0.25) is 0 Å². The standard InChI is InChI=1S/C17H19FN2O/c1-11-6-4-9-15(16(11)18)17(21)20-14-8-5-7-13(10-14)12(2)19-3/h4-10,12,19H,1-3H3,(H,20,21). The quantitative estimate of drug-likeness (QED) is 0.900. The van der Waals surface area contributed by atoms with Crippen LogP contribution in [-0.4, -0.2) is 13.0 Å². The highest BCUT2D eigenvalue weighted by Crippen LogP contribution is 2.19. The molecular weight excluding hydrogens is 267 g/mol. The first kappa shape index (κ1) is 15.2. The Bertz CT molecular complexity index is 655. The lowest BCUT2D eigenvalue weighted by Gasteiger charge is -2.13. The minimum atomic E-state index is -0.477. The van der Waals surface area contributed by atoms with Crippen LogP contribution in [0.3, 0.4) is 0 Å². The molecule has 0 fully saturated rings. The van der Waals surface area contributed by atoms with E-state index in [0.717, 1.165) is 5.56 Å². The van der Waals surface area contributed by atoms with Gasteiger partial charge in [0.05, 0.1) is 5.56 Å². The number of rotatable bonds is 4. The van der Waals surface area contributed by atoms with Crippen LogP contribution >= 0.6 is 0 Å². The highest BCUT2D eigenvalue weighted by Gasteiger charge is 2.13. The summed E-state index contributed by atoms with van der Waals surface area (Å²) >= 11 is 0. The Morgan fingerprint density at radius 2 is 1.90 bits per heavy atom. The molecule has 0 bridgehead atoms. The fraction of sp³-hybridized carbons (Fsp3) is 0.235. The van der Waals surface area contributed by atoms with Crippen molar-refractivity contribution < 1.29 is 9.18 Å². The van der Waals surface area contributed by atoms with Crippen LogP contribution in [0.15, 0.2) is 42.5 Å². The van der Waals surface area contributed by atoms with Gasteiger partial charge in [-0.3, -0.25) is 4.79 Å². The fourth-order valence-electron chi connectivity index (χ4n) is 2.07. The summed E-state index contributed by atoms with van der Waals surface area (Å²) in [7, 11) is 1.87. The van der Waals surface area contributed by atoms with Crippen LogP contribution in [0.5, 0.6) is 0 Å². The van der Waals surface area contributed by atoms with E-state index in [0.29, 0.717) is 11.3 Å². The summed E-state index contributed by atoms with van der Waals surface area (Å²) in [6.45, 7) is 3.67. The van der Waals surface area contributed by atoms with Gasteiger partial charge < -0.3 is 10.6 Å². The summed E-state index contributed by atoms with van der Waals surface area (Å²) in [4.78, 5) is 12.2. The van der Waals surface area contributed by atoms with Crippen molar-refractivity contribution in [2.75, 3.05) is 12.4 Å². The Labute approximate surface area is 124 Å². The molecule has 2 aromatic carbocycles. The first-order valence-corrected chi connectivity index (χ1v) is 6.86. The second-order valence-corrected chi connectivity index (χ2v) is 5.03. The van der Waals surface area contributed by atoms with Gasteiger partial charge in [-0.1, -0.05) is 24.3 Å². The van der Waals surface area contributed by atoms with Crippen molar-refractivity contribution in [2.24, 2.45) is 0 Å². The molecule has 3 nitrogen and oxygen atoms in total. The lowest BCUT2D eigenvalue weighted by Crippen LogP contribution is -2.16. The first-order chi connectivity index (χ1) is 10.0. The minimum absolute atomic E-state index is 0.0575. The molecule has 1 unspecified atom stereocenters. The molecule has 0 saturated heterocycles. The van der Waals surface area contributed by atoms with Crippen molar-refractivity contribution in [1.82, 2.24) is 5.32 Å². The molecule has 2 rings (SSSR count). The van der Waals surface area contributed by atoms with Gasteiger partial charge in [-0.15, -0.1) is 0 Å².